The standard InChI is InChI=1S/C23H19FN2O/c1-15-7-8-16(2)21(13-15)22-19-5-3-4-6-20(19)23(26-25-22)27-14-17-9-11-18(24)12-10-17/h3-13H,14H2,1-2H3. The fourth-order valence-corrected chi connectivity index (χ4v) is 3.11. The van der Waals surface area contributed by atoms with Crippen LogP contribution in [0.3, 0.4) is 0 Å². The number of fused-ring (bicyclic) bond motifs is 1. The van der Waals surface area contributed by atoms with Crippen LogP contribution in [0.1, 0.15) is 16.7 Å². The summed E-state index contributed by atoms with van der Waals surface area (Å²) < 4.78 is 19.0. The minimum atomic E-state index is -0.262. The molecule has 0 saturated carbocycles. The summed E-state index contributed by atoms with van der Waals surface area (Å²) in [6.07, 6.45) is 0. The van der Waals surface area contributed by atoms with Gasteiger partial charge in [0, 0.05) is 16.3 Å². The summed E-state index contributed by atoms with van der Waals surface area (Å²) in [6, 6.07) is 20.5. The molecule has 0 aliphatic heterocycles. The third kappa shape index (κ3) is 3.51. The van der Waals surface area contributed by atoms with Gasteiger partial charge in [-0.3, -0.25) is 0 Å². The van der Waals surface area contributed by atoms with Crippen molar-refractivity contribution < 1.29 is 9.13 Å². The van der Waals surface area contributed by atoms with Crippen molar-refractivity contribution in [2.24, 2.45) is 0 Å². The van der Waals surface area contributed by atoms with Crippen LogP contribution in [0.4, 0.5) is 4.39 Å². The first-order valence-electron chi connectivity index (χ1n) is 8.82. The van der Waals surface area contributed by atoms with Gasteiger partial charge in [0.25, 0.3) is 0 Å². The Morgan fingerprint density at radius 1 is 0.852 bits per heavy atom. The molecule has 0 spiro atoms. The molecule has 3 aromatic carbocycles. The monoisotopic (exact) mass is 358 g/mol. The molecule has 0 radical (unpaired) electrons. The highest BCUT2D eigenvalue weighted by atomic mass is 19.1. The molecule has 0 fully saturated rings. The molecule has 3 nitrogen and oxygen atoms in total. The summed E-state index contributed by atoms with van der Waals surface area (Å²) in [5, 5.41) is 10.7. The Labute approximate surface area is 157 Å². The lowest BCUT2D eigenvalue weighted by molar-refractivity contribution is 0.294. The molecule has 0 N–H and O–H groups in total. The molecule has 27 heavy (non-hydrogen) atoms. The Hall–Kier alpha value is -3.27. The lowest BCUT2D eigenvalue weighted by Crippen LogP contribution is -2.01. The Morgan fingerprint density at radius 2 is 1.59 bits per heavy atom. The predicted octanol–water partition coefficient (Wildman–Crippen LogP) is 5.63. The molecule has 0 bridgehead atoms. The number of aryl methyl sites for hydroxylation is 2. The van der Waals surface area contributed by atoms with Crippen LogP contribution in [0.15, 0.2) is 66.7 Å². The first-order valence-corrected chi connectivity index (χ1v) is 8.82. The maximum absolute atomic E-state index is 13.1. The van der Waals surface area contributed by atoms with Crippen LogP contribution in [-0.2, 0) is 6.61 Å². The van der Waals surface area contributed by atoms with E-state index in [1.54, 1.807) is 12.1 Å². The summed E-state index contributed by atoms with van der Waals surface area (Å²) in [7, 11) is 0. The third-order valence-corrected chi connectivity index (χ3v) is 4.59. The number of benzene rings is 3. The topological polar surface area (TPSA) is 35.0 Å². The van der Waals surface area contributed by atoms with Gasteiger partial charge in [-0.15, -0.1) is 10.2 Å². The van der Waals surface area contributed by atoms with E-state index < -0.39 is 0 Å². The van der Waals surface area contributed by atoms with Crippen LogP contribution in [-0.4, -0.2) is 10.2 Å². The van der Waals surface area contributed by atoms with Gasteiger partial charge in [-0.1, -0.05) is 48.0 Å². The van der Waals surface area contributed by atoms with Gasteiger partial charge in [-0.25, -0.2) is 4.39 Å². The Morgan fingerprint density at radius 3 is 2.37 bits per heavy atom. The van der Waals surface area contributed by atoms with Gasteiger partial charge in [0.15, 0.2) is 0 Å². The van der Waals surface area contributed by atoms with E-state index in [2.05, 4.69) is 42.2 Å². The molecule has 1 aromatic heterocycles. The zero-order chi connectivity index (χ0) is 18.8. The van der Waals surface area contributed by atoms with Crippen LogP contribution in [0.2, 0.25) is 0 Å². The Balaban J connectivity index is 1.74. The third-order valence-electron chi connectivity index (χ3n) is 4.59. The molecular weight excluding hydrogens is 339 g/mol. The van der Waals surface area contributed by atoms with Gasteiger partial charge in [-0.2, -0.15) is 0 Å². The van der Waals surface area contributed by atoms with Crippen molar-refractivity contribution in [3.05, 3.63) is 89.2 Å². The molecular formula is C23H19FN2O. The van der Waals surface area contributed by atoms with Crippen molar-refractivity contribution in [1.29, 1.82) is 0 Å². The van der Waals surface area contributed by atoms with E-state index in [0.29, 0.717) is 12.5 Å². The highest BCUT2D eigenvalue weighted by molar-refractivity contribution is 5.97. The van der Waals surface area contributed by atoms with Crippen molar-refractivity contribution >= 4 is 10.8 Å². The summed E-state index contributed by atoms with van der Waals surface area (Å²) in [4.78, 5) is 0. The average molecular weight is 358 g/mol. The Kier molecular flexibility index (Phi) is 4.55. The molecule has 0 saturated heterocycles. The van der Waals surface area contributed by atoms with Gasteiger partial charge in [0.05, 0.1) is 0 Å². The lowest BCUT2D eigenvalue weighted by atomic mass is 9.99. The van der Waals surface area contributed by atoms with E-state index in [-0.39, 0.29) is 5.82 Å². The van der Waals surface area contributed by atoms with E-state index in [1.807, 2.05) is 24.3 Å². The number of rotatable bonds is 4. The number of ether oxygens (including phenoxy) is 1. The van der Waals surface area contributed by atoms with E-state index >= 15 is 0 Å². The van der Waals surface area contributed by atoms with Gasteiger partial charge < -0.3 is 4.74 Å². The van der Waals surface area contributed by atoms with Crippen LogP contribution in [0, 0.1) is 19.7 Å². The minimum absolute atomic E-state index is 0.262. The second-order valence-electron chi connectivity index (χ2n) is 6.63. The lowest BCUT2D eigenvalue weighted by Gasteiger charge is -2.12. The highest BCUT2D eigenvalue weighted by Gasteiger charge is 2.13. The van der Waals surface area contributed by atoms with Crippen molar-refractivity contribution in [3.63, 3.8) is 0 Å². The fraction of sp³-hybridized carbons (Fsp3) is 0.130. The largest absolute Gasteiger partial charge is 0.471 e. The second kappa shape index (κ2) is 7.16. The molecule has 0 unspecified atom stereocenters. The Bertz CT molecular complexity index is 1110. The van der Waals surface area contributed by atoms with Gasteiger partial charge in [-0.05, 0) is 49.2 Å². The summed E-state index contributed by atoms with van der Waals surface area (Å²) >= 11 is 0. The molecule has 0 aliphatic rings. The summed E-state index contributed by atoms with van der Waals surface area (Å²) in [5.41, 5.74) is 5.13. The number of hydrogen-bond acceptors (Lipinski definition) is 3. The predicted molar refractivity (Wildman–Crippen MR) is 105 cm³/mol. The zero-order valence-corrected chi connectivity index (χ0v) is 15.2. The van der Waals surface area contributed by atoms with Crippen molar-refractivity contribution in [2.45, 2.75) is 20.5 Å². The quantitative estimate of drug-likeness (QED) is 0.474. The molecule has 0 amide bonds. The smallest absolute Gasteiger partial charge is 0.241 e. The van der Waals surface area contributed by atoms with Gasteiger partial charge in [0.2, 0.25) is 5.88 Å². The molecule has 4 rings (SSSR count). The minimum Gasteiger partial charge on any atom is -0.471 e. The van der Waals surface area contributed by atoms with Crippen molar-refractivity contribution in [3.8, 4) is 17.1 Å². The summed E-state index contributed by atoms with van der Waals surface area (Å²) in [6.45, 7) is 4.45. The number of hydrogen-bond donors (Lipinski definition) is 0. The van der Waals surface area contributed by atoms with Crippen LogP contribution in [0.5, 0.6) is 5.88 Å². The molecule has 134 valence electrons. The van der Waals surface area contributed by atoms with Crippen LogP contribution < -0.4 is 4.74 Å². The van der Waals surface area contributed by atoms with E-state index in [0.717, 1.165) is 33.2 Å². The van der Waals surface area contributed by atoms with E-state index in [1.165, 1.54) is 17.7 Å². The molecule has 0 atom stereocenters. The molecule has 4 aromatic rings. The number of aromatic nitrogens is 2. The highest BCUT2D eigenvalue weighted by Crippen LogP contribution is 2.33. The average Bonchev–Trinajstić information content (AvgIpc) is 2.69. The van der Waals surface area contributed by atoms with Crippen LogP contribution >= 0.6 is 0 Å². The summed E-state index contributed by atoms with van der Waals surface area (Å²) in [5.74, 6) is 0.214. The van der Waals surface area contributed by atoms with Crippen LogP contribution in [0.25, 0.3) is 22.0 Å². The van der Waals surface area contributed by atoms with E-state index in [9.17, 15) is 4.39 Å². The van der Waals surface area contributed by atoms with Crippen molar-refractivity contribution in [1.82, 2.24) is 10.2 Å². The number of nitrogens with zero attached hydrogens (tertiary/aromatic N) is 2. The fourth-order valence-electron chi connectivity index (χ4n) is 3.11. The maximum Gasteiger partial charge on any atom is 0.241 e. The first kappa shape index (κ1) is 17.2. The maximum atomic E-state index is 13.1. The number of halogens is 1. The molecule has 4 heteroatoms. The van der Waals surface area contributed by atoms with Gasteiger partial charge in [0.1, 0.15) is 18.1 Å². The molecule has 1 heterocycles. The van der Waals surface area contributed by atoms with Crippen molar-refractivity contribution in [2.75, 3.05) is 0 Å². The zero-order valence-electron chi connectivity index (χ0n) is 15.2. The molecule has 0 aliphatic carbocycles. The second-order valence-corrected chi connectivity index (χ2v) is 6.63. The normalized spacial score (nSPS) is 10.9. The first-order chi connectivity index (χ1) is 13.1. The van der Waals surface area contributed by atoms with E-state index in [4.69, 9.17) is 4.74 Å². The van der Waals surface area contributed by atoms with Gasteiger partial charge >= 0.3 is 0 Å². The SMILES string of the molecule is Cc1ccc(C)c(-c2nnc(OCc3ccc(F)cc3)c3ccccc23)c1.